The molecule has 8 nitrogen and oxygen atoms in total. The number of nitrogens with one attached hydrogen (secondary N) is 1. The van der Waals surface area contributed by atoms with Crippen molar-refractivity contribution >= 4 is 17.8 Å². The number of urea groups is 1. The molecule has 8 heteroatoms. The molecular weight excluding hydrogens is 418 g/mol. The van der Waals surface area contributed by atoms with Crippen molar-refractivity contribution in [3.05, 3.63) is 35.9 Å². The molecular formula is C25H35N5O3. The lowest BCUT2D eigenvalue weighted by molar-refractivity contribution is -0.146. The zero-order valence-electron chi connectivity index (χ0n) is 19.3. The average Bonchev–Trinajstić information content (AvgIpc) is 3.33. The summed E-state index contributed by atoms with van der Waals surface area (Å²) in [6.45, 7) is 2.93. The maximum absolute atomic E-state index is 13.5. The molecule has 0 atom stereocenters. The molecule has 33 heavy (non-hydrogen) atoms. The molecule has 0 bridgehead atoms. The topological polar surface area (TPSA) is 120 Å². The SMILES string of the molecule is N#CCN1CCC(CCNC(=O)N(CCc2ccccc2)C(=O)C2(C(N)=O)CCCC2)CC1. The number of hydrogen-bond acceptors (Lipinski definition) is 5. The molecule has 1 aromatic rings. The third-order valence-corrected chi connectivity index (χ3v) is 7.13. The highest BCUT2D eigenvalue weighted by Gasteiger charge is 2.49. The van der Waals surface area contributed by atoms with E-state index < -0.39 is 23.3 Å². The Morgan fingerprint density at radius 1 is 1.15 bits per heavy atom. The summed E-state index contributed by atoms with van der Waals surface area (Å²) in [4.78, 5) is 42.2. The molecule has 3 rings (SSSR count). The van der Waals surface area contributed by atoms with Crippen molar-refractivity contribution in [2.24, 2.45) is 17.1 Å². The highest BCUT2D eigenvalue weighted by Crippen LogP contribution is 2.39. The van der Waals surface area contributed by atoms with Gasteiger partial charge in [0.2, 0.25) is 11.8 Å². The minimum absolute atomic E-state index is 0.205. The molecule has 0 unspecified atom stereocenters. The first-order valence-electron chi connectivity index (χ1n) is 12.0. The number of hydrogen-bond donors (Lipinski definition) is 2. The monoisotopic (exact) mass is 453 g/mol. The number of likely N-dealkylation sites (tertiary alicyclic amines) is 1. The van der Waals surface area contributed by atoms with Crippen LogP contribution in [0.2, 0.25) is 0 Å². The Morgan fingerprint density at radius 3 is 2.42 bits per heavy atom. The largest absolute Gasteiger partial charge is 0.369 e. The summed E-state index contributed by atoms with van der Waals surface area (Å²) in [5, 5.41) is 11.7. The number of nitrogens with zero attached hydrogens (tertiary/aromatic N) is 3. The van der Waals surface area contributed by atoms with Gasteiger partial charge in [0.05, 0.1) is 12.6 Å². The van der Waals surface area contributed by atoms with Crippen molar-refractivity contribution in [1.82, 2.24) is 15.1 Å². The summed E-state index contributed by atoms with van der Waals surface area (Å²) >= 11 is 0. The fraction of sp³-hybridized carbons (Fsp3) is 0.600. The summed E-state index contributed by atoms with van der Waals surface area (Å²) in [5.74, 6) is -0.613. The molecule has 0 spiro atoms. The van der Waals surface area contributed by atoms with Crippen LogP contribution >= 0.6 is 0 Å². The molecule has 1 saturated carbocycles. The van der Waals surface area contributed by atoms with Crippen molar-refractivity contribution in [3.63, 3.8) is 0 Å². The zero-order chi connectivity index (χ0) is 23.7. The fourth-order valence-corrected chi connectivity index (χ4v) is 5.00. The van der Waals surface area contributed by atoms with Crippen LogP contribution in [-0.4, -0.2) is 60.4 Å². The van der Waals surface area contributed by atoms with Crippen LogP contribution in [0.4, 0.5) is 4.79 Å². The van der Waals surface area contributed by atoms with Crippen molar-refractivity contribution in [1.29, 1.82) is 5.26 Å². The quantitative estimate of drug-likeness (QED) is 0.440. The van der Waals surface area contributed by atoms with Crippen LogP contribution in [-0.2, 0) is 16.0 Å². The van der Waals surface area contributed by atoms with E-state index in [0.717, 1.165) is 50.8 Å². The predicted molar refractivity (Wildman–Crippen MR) is 125 cm³/mol. The number of piperidine rings is 1. The van der Waals surface area contributed by atoms with Gasteiger partial charge in [-0.1, -0.05) is 43.2 Å². The minimum atomic E-state index is -1.28. The lowest BCUT2D eigenvalue weighted by Gasteiger charge is -2.32. The Morgan fingerprint density at radius 2 is 1.82 bits per heavy atom. The van der Waals surface area contributed by atoms with Crippen LogP contribution in [0.1, 0.15) is 50.5 Å². The molecule has 178 valence electrons. The zero-order valence-corrected chi connectivity index (χ0v) is 19.3. The number of benzene rings is 1. The van der Waals surface area contributed by atoms with E-state index in [2.05, 4.69) is 16.3 Å². The first-order chi connectivity index (χ1) is 16.0. The Kier molecular flexibility index (Phi) is 8.84. The third kappa shape index (κ3) is 6.32. The lowest BCUT2D eigenvalue weighted by atomic mass is 9.83. The molecule has 1 saturated heterocycles. The van der Waals surface area contributed by atoms with Gasteiger partial charge in [0.1, 0.15) is 5.41 Å². The average molecular weight is 454 g/mol. The highest BCUT2D eigenvalue weighted by atomic mass is 16.2. The summed E-state index contributed by atoms with van der Waals surface area (Å²) in [7, 11) is 0. The van der Waals surface area contributed by atoms with Crippen LogP contribution < -0.4 is 11.1 Å². The molecule has 0 radical (unpaired) electrons. The maximum atomic E-state index is 13.5. The van der Waals surface area contributed by atoms with Crippen LogP contribution in [0.15, 0.2) is 30.3 Å². The fourth-order valence-electron chi connectivity index (χ4n) is 5.00. The first kappa shape index (κ1) is 24.7. The van der Waals surface area contributed by atoms with Gasteiger partial charge in [-0.05, 0) is 63.1 Å². The standard InChI is InChI=1S/C25H35N5O3/c26-14-19-29-16-9-21(10-17-29)8-15-28-24(33)30(18-11-20-6-2-1-3-7-20)23(32)25(22(27)31)12-4-5-13-25/h1-3,6-7,21H,4-5,8-13,15-19H2,(H2,27,31)(H,28,33). The number of imide groups is 1. The molecule has 2 fully saturated rings. The Hall–Kier alpha value is -2.92. The first-order valence-corrected chi connectivity index (χ1v) is 12.0. The van der Waals surface area contributed by atoms with Gasteiger partial charge in [-0.3, -0.25) is 19.4 Å². The van der Waals surface area contributed by atoms with Crippen LogP contribution in [0.5, 0.6) is 0 Å². The molecule has 1 heterocycles. The molecule has 4 amide bonds. The molecule has 0 aromatic heterocycles. The number of nitriles is 1. The Labute approximate surface area is 196 Å². The van der Waals surface area contributed by atoms with E-state index in [4.69, 9.17) is 11.0 Å². The van der Waals surface area contributed by atoms with Crippen LogP contribution in [0, 0.1) is 22.7 Å². The Balaban J connectivity index is 1.60. The number of carbonyl (C=O) groups is 3. The number of amides is 4. The van der Waals surface area contributed by atoms with E-state index >= 15 is 0 Å². The van der Waals surface area contributed by atoms with E-state index in [0.29, 0.717) is 38.3 Å². The molecule has 1 aliphatic carbocycles. The van der Waals surface area contributed by atoms with Crippen LogP contribution in [0.3, 0.4) is 0 Å². The smallest absolute Gasteiger partial charge is 0.324 e. The van der Waals surface area contributed by atoms with Crippen molar-refractivity contribution < 1.29 is 14.4 Å². The van der Waals surface area contributed by atoms with Crippen LogP contribution in [0.25, 0.3) is 0 Å². The number of carbonyl (C=O) groups excluding carboxylic acids is 3. The van der Waals surface area contributed by atoms with E-state index in [1.54, 1.807) is 0 Å². The van der Waals surface area contributed by atoms with E-state index in [1.807, 2.05) is 30.3 Å². The van der Waals surface area contributed by atoms with Gasteiger partial charge >= 0.3 is 6.03 Å². The van der Waals surface area contributed by atoms with Gasteiger partial charge in [0, 0.05) is 13.1 Å². The van der Waals surface area contributed by atoms with E-state index in [-0.39, 0.29) is 6.54 Å². The third-order valence-electron chi connectivity index (χ3n) is 7.13. The molecule has 3 N–H and O–H groups in total. The number of primary amides is 1. The van der Waals surface area contributed by atoms with Crippen molar-refractivity contribution in [3.8, 4) is 6.07 Å². The van der Waals surface area contributed by atoms with Gasteiger partial charge in [0.25, 0.3) is 0 Å². The summed E-state index contributed by atoms with van der Waals surface area (Å²) in [5.41, 5.74) is 5.41. The van der Waals surface area contributed by atoms with Gasteiger partial charge < -0.3 is 11.1 Å². The van der Waals surface area contributed by atoms with E-state index in [1.165, 1.54) is 4.90 Å². The lowest BCUT2D eigenvalue weighted by Crippen LogP contribution is -2.55. The summed E-state index contributed by atoms with van der Waals surface area (Å²) < 4.78 is 0. The molecule has 2 aliphatic rings. The van der Waals surface area contributed by atoms with Gasteiger partial charge in [-0.2, -0.15) is 5.26 Å². The highest BCUT2D eigenvalue weighted by molar-refractivity contribution is 6.09. The normalized spacial score (nSPS) is 18.4. The van der Waals surface area contributed by atoms with Gasteiger partial charge in [0.15, 0.2) is 0 Å². The molecule has 1 aliphatic heterocycles. The second kappa shape index (κ2) is 11.8. The second-order valence-electron chi connectivity index (χ2n) is 9.24. The molecule has 1 aromatic carbocycles. The predicted octanol–water partition coefficient (Wildman–Crippen LogP) is 2.44. The van der Waals surface area contributed by atoms with Gasteiger partial charge in [-0.25, -0.2) is 4.79 Å². The summed E-state index contributed by atoms with van der Waals surface area (Å²) in [6.07, 6.45) is 5.66. The second-order valence-corrected chi connectivity index (χ2v) is 9.24. The van der Waals surface area contributed by atoms with Crippen molar-refractivity contribution in [2.45, 2.75) is 51.4 Å². The minimum Gasteiger partial charge on any atom is -0.369 e. The maximum Gasteiger partial charge on any atom is 0.324 e. The van der Waals surface area contributed by atoms with Gasteiger partial charge in [-0.15, -0.1) is 0 Å². The van der Waals surface area contributed by atoms with Crippen molar-refractivity contribution in [2.75, 3.05) is 32.7 Å². The number of nitrogens with two attached hydrogens (primary N) is 1. The summed E-state index contributed by atoms with van der Waals surface area (Å²) in [6, 6.07) is 11.4. The van der Waals surface area contributed by atoms with E-state index in [9.17, 15) is 14.4 Å². The number of rotatable bonds is 9. The Bertz CT molecular complexity index is 853.